The van der Waals surface area contributed by atoms with Crippen LogP contribution >= 0.6 is 0 Å². The lowest BCUT2D eigenvalue weighted by Crippen LogP contribution is -2.35. The van der Waals surface area contributed by atoms with E-state index < -0.39 is 0 Å². The molecule has 0 aromatic carbocycles. The van der Waals surface area contributed by atoms with Gasteiger partial charge in [-0.15, -0.1) is 0 Å². The van der Waals surface area contributed by atoms with Gasteiger partial charge in [-0.3, -0.25) is 4.79 Å². The summed E-state index contributed by atoms with van der Waals surface area (Å²) < 4.78 is 0. The van der Waals surface area contributed by atoms with Crippen LogP contribution in [0.15, 0.2) is 12.4 Å². The summed E-state index contributed by atoms with van der Waals surface area (Å²) in [5.74, 6) is 1.03. The number of aromatic amines is 1. The number of amides is 1. The van der Waals surface area contributed by atoms with Gasteiger partial charge in [-0.25, -0.2) is 4.98 Å². The van der Waals surface area contributed by atoms with Crippen LogP contribution in [0.25, 0.3) is 0 Å². The minimum Gasteiger partial charge on any atom is -0.347 e. The maximum Gasteiger partial charge on any atom is 0.222 e. The molecule has 1 fully saturated rings. The molecule has 1 aromatic heterocycles. The summed E-state index contributed by atoms with van der Waals surface area (Å²) in [5, 5.41) is 3.47. The second-order valence-corrected chi connectivity index (χ2v) is 4.97. The van der Waals surface area contributed by atoms with Crippen LogP contribution in [0, 0.1) is 0 Å². The molecule has 2 rings (SSSR count). The van der Waals surface area contributed by atoms with E-state index in [1.807, 2.05) is 7.05 Å². The van der Waals surface area contributed by atoms with Crippen molar-refractivity contribution in [3.05, 3.63) is 18.2 Å². The van der Waals surface area contributed by atoms with Crippen LogP contribution in [0.1, 0.15) is 37.9 Å². The Morgan fingerprint density at radius 2 is 2.44 bits per heavy atom. The smallest absolute Gasteiger partial charge is 0.222 e. The molecule has 0 spiro atoms. The van der Waals surface area contributed by atoms with Crippen LogP contribution in [0.5, 0.6) is 0 Å². The minimum absolute atomic E-state index is 0.193. The third kappa shape index (κ3) is 3.84. The fourth-order valence-electron chi connectivity index (χ4n) is 2.36. The number of H-pyrrole nitrogens is 1. The molecule has 2 N–H and O–H groups in total. The second kappa shape index (κ2) is 6.54. The number of carbonyl (C=O) groups is 1. The van der Waals surface area contributed by atoms with Crippen molar-refractivity contribution in [3.63, 3.8) is 0 Å². The molecule has 1 aliphatic rings. The van der Waals surface area contributed by atoms with Gasteiger partial charge in [0.1, 0.15) is 5.82 Å². The molecule has 0 saturated carbocycles. The van der Waals surface area contributed by atoms with E-state index in [2.05, 4.69) is 15.3 Å². The molecule has 100 valence electrons. The lowest BCUT2D eigenvalue weighted by Gasteiger charge is -2.24. The number of imidazole rings is 1. The number of rotatable bonds is 5. The Morgan fingerprint density at radius 3 is 3.11 bits per heavy atom. The first kappa shape index (κ1) is 13.1. The van der Waals surface area contributed by atoms with Crippen molar-refractivity contribution < 1.29 is 4.79 Å². The van der Waals surface area contributed by atoms with Gasteiger partial charge in [0.05, 0.1) is 6.54 Å². The average Bonchev–Trinajstić information content (AvgIpc) is 2.90. The van der Waals surface area contributed by atoms with Crippen molar-refractivity contribution in [1.82, 2.24) is 20.2 Å². The predicted octanol–water partition coefficient (Wildman–Crippen LogP) is 1.29. The Labute approximate surface area is 108 Å². The predicted molar refractivity (Wildman–Crippen MR) is 69.9 cm³/mol. The Bertz CT molecular complexity index is 357. The molecular formula is C13H22N4O. The zero-order valence-electron chi connectivity index (χ0n) is 11.0. The van der Waals surface area contributed by atoms with E-state index in [0.29, 0.717) is 19.0 Å². The highest BCUT2D eigenvalue weighted by Crippen LogP contribution is 2.12. The SMILES string of the molecule is CN(Cc1ncc[nH]1)C(=O)CCC1CCCCN1. The first-order valence-electron chi connectivity index (χ1n) is 6.71. The first-order valence-corrected chi connectivity index (χ1v) is 6.71. The molecule has 5 nitrogen and oxygen atoms in total. The van der Waals surface area contributed by atoms with Gasteiger partial charge < -0.3 is 15.2 Å². The molecule has 0 radical (unpaired) electrons. The maximum atomic E-state index is 12.0. The van der Waals surface area contributed by atoms with Crippen LogP contribution < -0.4 is 5.32 Å². The van der Waals surface area contributed by atoms with Gasteiger partial charge in [0, 0.05) is 31.9 Å². The van der Waals surface area contributed by atoms with Gasteiger partial charge in [-0.05, 0) is 25.8 Å². The van der Waals surface area contributed by atoms with Gasteiger partial charge in [0.2, 0.25) is 5.91 Å². The van der Waals surface area contributed by atoms with Gasteiger partial charge >= 0.3 is 0 Å². The van der Waals surface area contributed by atoms with E-state index >= 15 is 0 Å². The topological polar surface area (TPSA) is 61.0 Å². The van der Waals surface area contributed by atoms with Crippen LogP contribution in [-0.4, -0.2) is 40.4 Å². The van der Waals surface area contributed by atoms with Crippen molar-refractivity contribution in [2.75, 3.05) is 13.6 Å². The molecule has 1 amide bonds. The number of hydrogen-bond donors (Lipinski definition) is 2. The van der Waals surface area contributed by atoms with Gasteiger partial charge in [-0.2, -0.15) is 0 Å². The third-order valence-electron chi connectivity index (χ3n) is 3.49. The number of hydrogen-bond acceptors (Lipinski definition) is 3. The monoisotopic (exact) mass is 250 g/mol. The highest BCUT2D eigenvalue weighted by atomic mass is 16.2. The molecule has 1 aromatic rings. The highest BCUT2D eigenvalue weighted by Gasteiger charge is 2.16. The highest BCUT2D eigenvalue weighted by molar-refractivity contribution is 5.75. The fraction of sp³-hybridized carbons (Fsp3) is 0.692. The van der Waals surface area contributed by atoms with E-state index in [0.717, 1.165) is 18.8 Å². The Kier molecular flexibility index (Phi) is 4.75. The Morgan fingerprint density at radius 1 is 1.56 bits per heavy atom. The van der Waals surface area contributed by atoms with Crippen LogP contribution in [0.2, 0.25) is 0 Å². The first-order chi connectivity index (χ1) is 8.75. The average molecular weight is 250 g/mol. The van der Waals surface area contributed by atoms with E-state index in [9.17, 15) is 4.79 Å². The summed E-state index contributed by atoms with van der Waals surface area (Å²) in [6.07, 6.45) is 8.81. The molecule has 1 saturated heterocycles. The molecule has 1 unspecified atom stereocenters. The summed E-state index contributed by atoms with van der Waals surface area (Å²) in [4.78, 5) is 20.8. The fourth-order valence-corrected chi connectivity index (χ4v) is 2.36. The normalized spacial score (nSPS) is 19.7. The zero-order chi connectivity index (χ0) is 12.8. The van der Waals surface area contributed by atoms with Crippen molar-refractivity contribution in [2.45, 2.75) is 44.7 Å². The molecule has 0 aliphatic carbocycles. The van der Waals surface area contributed by atoms with Crippen LogP contribution in [0.4, 0.5) is 0 Å². The molecule has 0 bridgehead atoms. The lowest BCUT2D eigenvalue weighted by atomic mass is 10.0. The van der Waals surface area contributed by atoms with Gasteiger partial charge in [0.25, 0.3) is 0 Å². The standard InChI is InChI=1S/C13H22N4O/c1-17(10-12-15-8-9-16-12)13(18)6-5-11-4-2-3-7-14-11/h8-9,11,14H,2-7,10H2,1H3,(H,15,16). The number of aromatic nitrogens is 2. The van der Waals surface area contributed by atoms with E-state index in [4.69, 9.17) is 0 Å². The van der Waals surface area contributed by atoms with E-state index in [-0.39, 0.29) is 5.91 Å². The van der Waals surface area contributed by atoms with Crippen molar-refractivity contribution in [1.29, 1.82) is 0 Å². The summed E-state index contributed by atoms with van der Waals surface area (Å²) in [6, 6.07) is 0.528. The molecule has 5 heteroatoms. The summed E-state index contributed by atoms with van der Waals surface area (Å²) in [6.45, 7) is 1.66. The Hall–Kier alpha value is -1.36. The van der Waals surface area contributed by atoms with Crippen molar-refractivity contribution >= 4 is 5.91 Å². The summed E-state index contributed by atoms with van der Waals surface area (Å²) in [7, 11) is 1.83. The maximum absolute atomic E-state index is 12.0. The van der Waals surface area contributed by atoms with Crippen LogP contribution in [-0.2, 0) is 11.3 Å². The molecular weight excluding hydrogens is 228 g/mol. The van der Waals surface area contributed by atoms with Crippen molar-refractivity contribution in [2.24, 2.45) is 0 Å². The zero-order valence-corrected chi connectivity index (χ0v) is 11.0. The van der Waals surface area contributed by atoms with E-state index in [1.165, 1.54) is 19.3 Å². The molecule has 1 atom stereocenters. The minimum atomic E-state index is 0.193. The quantitative estimate of drug-likeness (QED) is 0.828. The molecule has 2 heterocycles. The summed E-state index contributed by atoms with van der Waals surface area (Å²) >= 11 is 0. The number of nitrogens with one attached hydrogen (secondary N) is 2. The lowest BCUT2D eigenvalue weighted by molar-refractivity contribution is -0.130. The number of nitrogens with zero attached hydrogens (tertiary/aromatic N) is 2. The Balaban J connectivity index is 1.70. The third-order valence-corrected chi connectivity index (χ3v) is 3.49. The van der Waals surface area contributed by atoms with Gasteiger partial charge in [0.15, 0.2) is 0 Å². The molecule has 1 aliphatic heterocycles. The van der Waals surface area contributed by atoms with E-state index in [1.54, 1.807) is 17.3 Å². The number of piperidine rings is 1. The molecule has 18 heavy (non-hydrogen) atoms. The van der Waals surface area contributed by atoms with Crippen LogP contribution in [0.3, 0.4) is 0 Å². The summed E-state index contributed by atoms with van der Waals surface area (Å²) in [5.41, 5.74) is 0. The van der Waals surface area contributed by atoms with Gasteiger partial charge in [-0.1, -0.05) is 6.42 Å². The number of carbonyl (C=O) groups excluding carboxylic acids is 1. The largest absolute Gasteiger partial charge is 0.347 e. The van der Waals surface area contributed by atoms with Crippen molar-refractivity contribution in [3.8, 4) is 0 Å². The second-order valence-electron chi connectivity index (χ2n) is 4.97.